The van der Waals surface area contributed by atoms with E-state index >= 15 is 0 Å². The zero-order valence-electron chi connectivity index (χ0n) is 32.4. The number of aliphatic hydroxyl groups excluding tert-OH is 1. The van der Waals surface area contributed by atoms with Gasteiger partial charge in [-0.1, -0.05) is 59.8 Å². The van der Waals surface area contributed by atoms with E-state index in [4.69, 9.17) is 35.9 Å². The summed E-state index contributed by atoms with van der Waals surface area (Å²) in [6.07, 6.45) is 9.34. The molecule has 5 aliphatic heterocycles. The number of aliphatic hydroxyl groups is 1. The third-order valence-electron chi connectivity index (χ3n) is 13.0. The van der Waals surface area contributed by atoms with Crippen molar-refractivity contribution < 1.29 is 43.5 Å². The van der Waals surface area contributed by atoms with Crippen LogP contribution in [-0.4, -0.2) is 86.8 Å². The Morgan fingerprint density at radius 1 is 1.00 bits per heavy atom. The Hall–Kier alpha value is -1.47. The molecule has 5 aliphatic rings. The predicted molar refractivity (Wildman–Crippen MR) is 198 cm³/mol. The molecule has 4 saturated heterocycles. The van der Waals surface area contributed by atoms with Crippen LogP contribution in [0, 0.1) is 35.5 Å². The third kappa shape index (κ3) is 8.45. The minimum atomic E-state index is -1.12. The van der Waals surface area contributed by atoms with Crippen molar-refractivity contribution in [3.05, 3.63) is 12.2 Å². The number of hydrogen-bond acceptors (Lipinski definition) is 9. The van der Waals surface area contributed by atoms with Crippen molar-refractivity contribution in [2.75, 3.05) is 0 Å². The smallest absolute Gasteiger partial charge is 0.305 e. The molecule has 51 heavy (non-hydrogen) atoms. The molecule has 10 nitrogen and oxygen atoms in total. The molecule has 3 N–H and O–H groups in total. The van der Waals surface area contributed by atoms with Gasteiger partial charge in [0.05, 0.1) is 59.7 Å². The highest BCUT2D eigenvalue weighted by Gasteiger charge is 2.62. The van der Waals surface area contributed by atoms with Gasteiger partial charge < -0.3 is 39.2 Å². The highest BCUT2D eigenvalue weighted by molar-refractivity contribution is 7.80. The highest BCUT2D eigenvalue weighted by atomic mass is 32.1. The van der Waals surface area contributed by atoms with Crippen LogP contribution in [-0.2, 0) is 33.3 Å². The van der Waals surface area contributed by atoms with Gasteiger partial charge in [-0.2, -0.15) is 0 Å². The van der Waals surface area contributed by atoms with Gasteiger partial charge in [-0.05, 0) is 90.0 Å². The molecule has 0 aromatic rings. The topological polar surface area (TPSA) is 133 Å². The molecule has 0 aromatic heterocycles. The van der Waals surface area contributed by atoms with Crippen LogP contribution in [0.5, 0.6) is 0 Å². The van der Waals surface area contributed by atoms with E-state index in [0.29, 0.717) is 24.3 Å². The molecule has 0 radical (unpaired) electrons. The summed E-state index contributed by atoms with van der Waals surface area (Å²) in [5.74, 6) is -4.41. The molecule has 16 atom stereocenters. The maximum atomic E-state index is 14.4. The first-order chi connectivity index (χ1) is 23.9. The Morgan fingerprint density at radius 3 is 2.37 bits per heavy atom. The van der Waals surface area contributed by atoms with Gasteiger partial charge in [0, 0.05) is 30.1 Å². The number of carbonyl (C=O) groups is 2. The quantitative estimate of drug-likeness (QED) is 0.154. The fourth-order valence-electron chi connectivity index (χ4n) is 9.90. The molecule has 5 heterocycles. The van der Waals surface area contributed by atoms with E-state index in [0.717, 1.165) is 38.5 Å². The van der Waals surface area contributed by atoms with Crippen molar-refractivity contribution in [2.24, 2.45) is 35.5 Å². The average Bonchev–Trinajstić information content (AvgIpc) is 3.41. The first-order valence-electron chi connectivity index (χ1n) is 19.7. The summed E-state index contributed by atoms with van der Waals surface area (Å²) in [5.41, 5.74) is -0.543. The third-order valence-corrected chi connectivity index (χ3v) is 13.1. The van der Waals surface area contributed by atoms with Crippen LogP contribution >= 0.6 is 12.2 Å². The lowest BCUT2D eigenvalue weighted by molar-refractivity contribution is -0.396. The van der Waals surface area contributed by atoms with E-state index in [1.165, 1.54) is 0 Å². The van der Waals surface area contributed by atoms with Gasteiger partial charge in [0.1, 0.15) is 5.78 Å². The number of rotatable bonds is 11. The number of nitrogens with one attached hydrogen (secondary N) is 1. The van der Waals surface area contributed by atoms with E-state index in [1.54, 1.807) is 6.92 Å². The van der Waals surface area contributed by atoms with Crippen LogP contribution in [0.2, 0.25) is 0 Å². The van der Waals surface area contributed by atoms with Gasteiger partial charge in [-0.15, -0.1) is 0 Å². The summed E-state index contributed by atoms with van der Waals surface area (Å²) in [6, 6.07) is -0.322. The molecular formula is C40H65NO9S. The molecular weight excluding hydrogens is 671 g/mol. The molecule has 0 bridgehead atoms. The first-order valence-corrected chi connectivity index (χ1v) is 20.1. The lowest BCUT2D eigenvalue weighted by Crippen LogP contribution is -2.65. The average molecular weight is 736 g/mol. The molecule has 11 heteroatoms. The number of carbonyl (C=O) groups excluding carboxylic acids is 1. The Labute approximate surface area is 311 Å². The maximum Gasteiger partial charge on any atom is 0.305 e. The van der Waals surface area contributed by atoms with Crippen molar-refractivity contribution >= 4 is 29.0 Å². The standard InChI is InChI=1S/C40H65NO9S/c1-10-30(35(45)26(6)34(44)27(7)36-22(2)14-15-29(47-36)21-33(42)43)37-23(3)20-24(4)39(48-37)17-16-31(41-28(8)51)40(50-39)19-18-38(9,49-40)32-13-11-12-25(5)46-32/h16-17,22-27,29-32,34,36-37,44H,10-15,18-21H2,1-9H3,(H,41,51)(H,42,43)/t22-,23-,24+,25-,26-,27-,29+,30-,31+,32+,34+,36+,37-,38-,39-,40-/m0/s1. The normalized spacial score (nSPS) is 43.8. The number of ether oxygens (including phenoxy) is 5. The fraction of sp³-hybridized carbons (Fsp3) is 0.875. The van der Waals surface area contributed by atoms with Crippen LogP contribution in [0.4, 0.5) is 0 Å². The zero-order chi connectivity index (χ0) is 37.5. The summed E-state index contributed by atoms with van der Waals surface area (Å²) in [6.45, 7) is 18.2. The monoisotopic (exact) mass is 735 g/mol. The molecule has 0 saturated carbocycles. The number of ketones is 1. The lowest BCUT2D eigenvalue weighted by atomic mass is 9.72. The number of Topliss-reactive ketones (excluding diaryl/α,β-unsaturated/α-hetero) is 1. The summed E-state index contributed by atoms with van der Waals surface area (Å²) < 4.78 is 34.1. The Kier molecular flexibility index (Phi) is 12.8. The molecule has 0 aromatic carbocycles. The second-order valence-electron chi connectivity index (χ2n) is 17.1. The van der Waals surface area contributed by atoms with Crippen LogP contribution in [0.15, 0.2) is 12.2 Å². The number of thiocarbonyl (C=S) groups is 1. The second-order valence-corrected chi connectivity index (χ2v) is 17.7. The van der Waals surface area contributed by atoms with Crippen molar-refractivity contribution in [1.29, 1.82) is 0 Å². The van der Waals surface area contributed by atoms with Crippen LogP contribution in [0.3, 0.4) is 0 Å². The summed E-state index contributed by atoms with van der Waals surface area (Å²) in [7, 11) is 0. The number of carboxylic acids is 1. The fourth-order valence-corrected chi connectivity index (χ4v) is 10.0. The van der Waals surface area contributed by atoms with Gasteiger partial charge >= 0.3 is 5.97 Å². The van der Waals surface area contributed by atoms with Crippen molar-refractivity contribution in [3.8, 4) is 0 Å². The largest absolute Gasteiger partial charge is 0.481 e. The van der Waals surface area contributed by atoms with Crippen molar-refractivity contribution in [3.63, 3.8) is 0 Å². The summed E-state index contributed by atoms with van der Waals surface area (Å²) in [4.78, 5) is 26.5. The number of carboxylic acid groups (broad SMARTS) is 1. The molecule has 4 fully saturated rings. The van der Waals surface area contributed by atoms with E-state index < -0.39 is 53.3 Å². The highest BCUT2D eigenvalue weighted by Crippen LogP contribution is 2.53. The van der Waals surface area contributed by atoms with Gasteiger partial charge in [-0.3, -0.25) is 9.59 Å². The van der Waals surface area contributed by atoms with Gasteiger partial charge in [0.15, 0.2) is 11.6 Å². The summed E-state index contributed by atoms with van der Waals surface area (Å²) in [5, 5.41) is 24.4. The predicted octanol–water partition coefficient (Wildman–Crippen LogP) is 6.75. The number of aliphatic carboxylic acids is 1. The Bertz CT molecular complexity index is 1300. The van der Waals surface area contributed by atoms with Crippen molar-refractivity contribution in [1.82, 2.24) is 5.32 Å². The first kappa shape index (κ1) is 40.7. The molecule has 0 unspecified atom stereocenters. The molecule has 0 aliphatic carbocycles. The minimum Gasteiger partial charge on any atom is -0.481 e. The lowest BCUT2D eigenvalue weighted by Gasteiger charge is -2.55. The SMILES string of the molecule is CC[C@@H](C(=O)[C@@H](C)[C@@H](O)[C@H](C)[C@@H]1O[C@@H](CC(=O)O)CC[C@@H]1C)[C@H]1O[C@]2(C=C[C@@H](NC(C)=S)[C@]3(CC[C@@](C)([C@H]4CCC[C@H](C)O4)O3)O2)[C@H](C)C[C@@H]1C. The summed E-state index contributed by atoms with van der Waals surface area (Å²) >= 11 is 5.51. The molecule has 2 spiro atoms. The van der Waals surface area contributed by atoms with Gasteiger partial charge in [0.25, 0.3) is 0 Å². The Morgan fingerprint density at radius 2 is 1.73 bits per heavy atom. The Balaban J connectivity index is 1.36. The minimum absolute atomic E-state index is 0.0212. The van der Waals surface area contributed by atoms with E-state index in [1.807, 2.05) is 26.8 Å². The van der Waals surface area contributed by atoms with E-state index in [-0.39, 0.29) is 60.2 Å². The maximum absolute atomic E-state index is 14.4. The van der Waals surface area contributed by atoms with Crippen LogP contribution < -0.4 is 5.32 Å². The zero-order valence-corrected chi connectivity index (χ0v) is 33.2. The second kappa shape index (κ2) is 16.1. The molecule has 5 rings (SSSR count). The van der Waals surface area contributed by atoms with E-state index in [2.05, 4.69) is 46.0 Å². The molecule has 0 amide bonds. The van der Waals surface area contributed by atoms with Crippen LogP contribution in [0.1, 0.15) is 127 Å². The van der Waals surface area contributed by atoms with E-state index in [9.17, 15) is 19.8 Å². The van der Waals surface area contributed by atoms with Gasteiger partial charge in [-0.25, -0.2) is 0 Å². The number of hydrogen-bond donors (Lipinski definition) is 3. The molecule has 290 valence electrons. The van der Waals surface area contributed by atoms with Gasteiger partial charge in [0.2, 0.25) is 0 Å². The van der Waals surface area contributed by atoms with Crippen LogP contribution in [0.25, 0.3) is 0 Å². The van der Waals surface area contributed by atoms with Crippen molar-refractivity contribution in [2.45, 2.75) is 186 Å².